The molecule has 0 radical (unpaired) electrons. The summed E-state index contributed by atoms with van der Waals surface area (Å²) in [6, 6.07) is 3.68. The van der Waals surface area contributed by atoms with E-state index >= 15 is 0 Å². The van der Waals surface area contributed by atoms with E-state index in [0.29, 0.717) is 62.6 Å². The van der Waals surface area contributed by atoms with E-state index in [4.69, 9.17) is 53.1 Å². The van der Waals surface area contributed by atoms with Crippen molar-refractivity contribution in [2.24, 2.45) is 23.5 Å². The molecule has 11 aliphatic rings. The lowest BCUT2D eigenvalue weighted by Gasteiger charge is -2.47. The number of aliphatic hydroxyl groups excluding tert-OH is 1. The van der Waals surface area contributed by atoms with Crippen molar-refractivity contribution in [3.8, 4) is 0 Å². The van der Waals surface area contributed by atoms with Crippen LogP contribution >= 0.6 is 0 Å². The third-order valence-electron chi connectivity index (χ3n) is 20.8. The number of rotatable bonds is 23. The SMILES string of the molecule is C=C1C2C[C@@H]3O[C@H](CC(O)CNC(=O)OCc4ccc(NC(=O)C(CCCNC(N)=O)NC(=O)[C@@H](NC(=O)CCCCCN5C(=O)C=CC5=O)C(C)C)cc4)[C@H](OC)C3CC(=O)CC3CCC4OC5C6O[C@@H]7C[C@](CCC8CC(=C)[C@H](CCC(C[C@H]1C)O2)O8)(OC6[C@H]4O3)OC57. The van der Waals surface area contributed by atoms with Crippen LogP contribution in [0.1, 0.15) is 148 Å². The van der Waals surface area contributed by atoms with E-state index in [0.717, 1.165) is 48.2 Å². The van der Waals surface area contributed by atoms with Crippen LogP contribution in [0.5, 0.6) is 0 Å². The molecule has 11 heterocycles. The molecule has 26 nitrogen and oxygen atoms in total. The fourth-order valence-corrected chi connectivity index (χ4v) is 15.8. The lowest BCUT2D eigenvalue weighted by atomic mass is 9.81. The van der Waals surface area contributed by atoms with Gasteiger partial charge in [0, 0.05) is 95.4 Å². The third kappa shape index (κ3) is 17.0. The second-order valence-electron chi connectivity index (χ2n) is 28.1. The first-order chi connectivity index (χ1) is 45.6. The van der Waals surface area contributed by atoms with Gasteiger partial charge in [-0.15, -0.1) is 0 Å². The average Bonchev–Trinajstić information content (AvgIpc) is 1.55. The Labute approximate surface area is 554 Å². The number of nitrogens with two attached hydrogens (primary N) is 1. The lowest BCUT2D eigenvalue weighted by Crippen LogP contribution is -2.61. The van der Waals surface area contributed by atoms with Gasteiger partial charge >= 0.3 is 12.1 Å². The molecule has 11 aliphatic heterocycles. The normalized spacial score (nSPS) is 35.1. The van der Waals surface area contributed by atoms with Crippen molar-refractivity contribution in [3.63, 3.8) is 0 Å². The highest BCUT2D eigenvalue weighted by Gasteiger charge is 2.69. The van der Waals surface area contributed by atoms with Crippen molar-refractivity contribution in [1.29, 1.82) is 0 Å². The van der Waals surface area contributed by atoms with Crippen molar-refractivity contribution in [2.45, 2.75) is 265 Å². The number of imide groups is 1. The summed E-state index contributed by atoms with van der Waals surface area (Å²) in [5.74, 6) is -3.73. The third-order valence-corrected chi connectivity index (χ3v) is 20.8. The number of methoxy groups -OCH3 is 1. The highest BCUT2D eigenvalue weighted by atomic mass is 16.8. The Kier molecular flexibility index (Phi) is 23.0. The van der Waals surface area contributed by atoms with Gasteiger partial charge in [-0.05, 0) is 111 Å². The van der Waals surface area contributed by atoms with Crippen LogP contribution in [0.25, 0.3) is 0 Å². The number of primary amides is 1. The molecule has 95 heavy (non-hydrogen) atoms. The maximum absolute atomic E-state index is 14.5. The first-order valence-electron chi connectivity index (χ1n) is 34.4. The number of anilines is 1. The summed E-state index contributed by atoms with van der Waals surface area (Å²) in [6.45, 7) is 14.7. The van der Waals surface area contributed by atoms with E-state index < -0.39 is 84.4 Å². The number of benzene rings is 1. The minimum absolute atomic E-state index is 0.00477. The molecule has 21 atom stereocenters. The van der Waals surface area contributed by atoms with E-state index in [2.05, 4.69) is 46.7 Å². The van der Waals surface area contributed by atoms with Gasteiger partial charge in [-0.2, -0.15) is 0 Å². The monoisotopic (exact) mass is 1330 g/mol. The predicted molar refractivity (Wildman–Crippen MR) is 340 cm³/mol. The van der Waals surface area contributed by atoms with Gasteiger partial charge in [0.2, 0.25) is 17.7 Å². The molecule has 0 aliphatic carbocycles. The van der Waals surface area contributed by atoms with Crippen molar-refractivity contribution < 1.29 is 90.8 Å². The fraction of sp³-hybridized carbons (Fsp3) is 0.710. The molecule has 26 heteroatoms. The maximum atomic E-state index is 14.5. The smallest absolute Gasteiger partial charge is 0.407 e. The number of unbranched alkanes of at least 4 members (excludes halogenated alkanes) is 2. The van der Waals surface area contributed by atoms with Crippen LogP contribution < -0.4 is 32.3 Å². The van der Waals surface area contributed by atoms with Gasteiger partial charge in [0.25, 0.3) is 11.8 Å². The molecule has 522 valence electrons. The van der Waals surface area contributed by atoms with Crippen LogP contribution in [0.2, 0.25) is 0 Å². The Bertz CT molecular complexity index is 3000. The summed E-state index contributed by atoms with van der Waals surface area (Å²) in [6.07, 6.45) is 4.97. The van der Waals surface area contributed by atoms with Gasteiger partial charge in [0.15, 0.2) is 5.79 Å². The fourth-order valence-electron chi connectivity index (χ4n) is 15.8. The zero-order chi connectivity index (χ0) is 67.2. The van der Waals surface area contributed by atoms with Crippen LogP contribution in [-0.4, -0.2) is 200 Å². The van der Waals surface area contributed by atoms with Crippen molar-refractivity contribution in [3.05, 3.63) is 66.3 Å². The molecule has 12 unspecified atom stereocenters. The first-order valence-corrected chi connectivity index (χ1v) is 34.4. The number of carbonyl (C=O) groups excluding carboxylic acids is 8. The second-order valence-corrected chi connectivity index (χ2v) is 28.1. The number of nitrogens with zero attached hydrogens (tertiary/aromatic N) is 1. The summed E-state index contributed by atoms with van der Waals surface area (Å²) in [5, 5.41) is 25.0. The molecule has 1 spiro atoms. The second kappa shape index (κ2) is 31.1. The summed E-state index contributed by atoms with van der Waals surface area (Å²) >= 11 is 0. The molecular formula is C69H97N7O19. The molecule has 8 N–H and O–H groups in total. The number of alkyl carbamates (subject to hydrolysis) is 1. The number of nitrogens with one attached hydrogen (secondary N) is 5. The van der Waals surface area contributed by atoms with Gasteiger partial charge in [-0.25, -0.2) is 9.59 Å². The van der Waals surface area contributed by atoms with Crippen LogP contribution in [0.4, 0.5) is 15.3 Å². The number of hydrogen-bond donors (Lipinski definition) is 7. The predicted octanol–water partition coefficient (Wildman–Crippen LogP) is 4.90. The molecular weight excluding hydrogens is 1230 g/mol. The van der Waals surface area contributed by atoms with E-state index in [-0.39, 0.29) is 161 Å². The Morgan fingerprint density at radius 3 is 2.23 bits per heavy atom. The first kappa shape index (κ1) is 70.1. The number of fused-ring (bicyclic) bond motifs is 6. The van der Waals surface area contributed by atoms with Gasteiger partial charge in [0.1, 0.15) is 55.0 Å². The summed E-state index contributed by atoms with van der Waals surface area (Å²) in [7, 11) is 1.58. The van der Waals surface area contributed by atoms with Crippen LogP contribution in [0, 0.1) is 17.8 Å². The van der Waals surface area contributed by atoms with E-state index in [1.807, 2.05) is 0 Å². The largest absolute Gasteiger partial charge is 0.445 e. The number of aliphatic hydroxyl groups is 1. The lowest BCUT2D eigenvalue weighted by molar-refractivity contribution is -0.292. The van der Waals surface area contributed by atoms with E-state index in [9.17, 15) is 43.5 Å². The quantitative estimate of drug-likeness (QED) is 0.0435. The molecule has 1 aromatic carbocycles. The number of ketones is 1. The van der Waals surface area contributed by atoms with Crippen LogP contribution in [0.3, 0.4) is 0 Å². The molecule has 1 aromatic rings. The molecule has 10 saturated heterocycles. The van der Waals surface area contributed by atoms with Crippen molar-refractivity contribution in [2.75, 3.05) is 32.1 Å². The van der Waals surface area contributed by atoms with Crippen molar-refractivity contribution in [1.82, 2.24) is 26.2 Å². The van der Waals surface area contributed by atoms with Gasteiger partial charge < -0.3 is 84.8 Å². The number of carbonyl (C=O) groups is 8. The van der Waals surface area contributed by atoms with Gasteiger partial charge in [0.05, 0.1) is 67.1 Å². The van der Waals surface area contributed by atoms with Gasteiger partial charge in [-0.1, -0.05) is 52.5 Å². The number of amides is 8. The number of ether oxygens (including phenoxy) is 10. The van der Waals surface area contributed by atoms with Crippen LogP contribution in [-0.2, 0) is 82.7 Å². The summed E-state index contributed by atoms with van der Waals surface area (Å²) in [5.41, 5.74) is 8.23. The minimum atomic E-state index is -1.10. The Hall–Kier alpha value is -6.20. The number of Topliss-reactive ketones (excluding diaryl/α,β-unsaturated/α-hetero) is 1. The molecule has 0 saturated carbocycles. The van der Waals surface area contributed by atoms with E-state index in [1.54, 1.807) is 45.2 Å². The Morgan fingerprint density at radius 2 is 1.47 bits per heavy atom. The molecule has 12 rings (SSSR count). The molecule has 0 aromatic heterocycles. The topological polar surface area (TPSA) is 339 Å². The molecule has 8 amide bonds. The van der Waals surface area contributed by atoms with Crippen LogP contribution in [0.15, 0.2) is 60.7 Å². The summed E-state index contributed by atoms with van der Waals surface area (Å²) in [4.78, 5) is 104. The van der Waals surface area contributed by atoms with Gasteiger partial charge in [-0.3, -0.25) is 33.7 Å². The Morgan fingerprint density at radius 1 is 0.747 bits per heavy atom. The molecule has 12 bridgehead atoms. The molecule has 10 fully saturated rings. The number of urea groups is 1. The zero-order valence-corrected chi connectivity index (χ0v) is 55.1. The van der Waals surface area contributed by atoms with Crippen molar-refractivity contribution >= 4 is 53.1 Å². The number of hydrogen-bond acceptors (Lipinski definition) is 19. The maximum Gasteiger partial charge on any atom is 0.407 e. The standard InChI is InChI=1S/C69H97N7O19/c1-36(2)58(75-55(79)12-8-7-9-26-76-56(80)21-22-57(76)81)66(83)74-48(11-10-25-71-67(70)84)65(82)73-41-15-13-40(14-16-41)35-87-68(85)72-34-43(78)31-53-59(86-6)47-30-42(77)29-45-18-20-50-60(90-45)64-63-62(92-50)61-54(93-63)33-69(94-61,95-64)24-23-46-28-38(4)49(88-46)19-17-44-27-37(3)39(5)51(89-44)32-52(47)91-53/h13-16,21-22,36-37,43-54,58-64,78H,4-5,7-12,17-20,23-35H2,1-3,6H3,(H,72,85)(H,73,82)(H,74,83)(H,75,79)(H3,70,71,84)/t37-,43?,44?,45?,46?,47?,48?,49+,50?,51?,52+,53-,54-,58+,59-,60+,61?,62?,63?,64?,69+/m1/s1. The highest BCUT2D eigenvalue weighted by Crippen LogP contribution is 2.54. The average molecular weight is 1330 g/mol. The highest BCUT2D eigenvalue weighted by molar-refractivity contribution is 6.12. The Balaban J connectivity index is 0.674. The zero-order valence-electron chi connectivity index (χ0n) is 55.1. The summed E-state index contributed by atoms with van der Waals surface area (Å²) < 4.78 is 66.3. The van der Waals surface area contributed by atoms with E-state index in [1.165, 1.54) is 12.2 Å². The minimum Gasteiger partial charge on any atom is -0.445 e.